The van der Waals surface area contributed by atoms with Crippen molar-refractivity contribution in [1.82, 2.24) is 9.88 Å². The summed E-state index contributed by atoms with van der Waals surface area (Å²) < 4.78 is 8.93. The first kappa shape index (κ1) is 28.3. The van der Waals surface area contributed by atoms with E-state index >= 15 is 0 Å². The van der Waals surface area contributed by atoms with Gasteiger partial charge in [-0.05, 0) is 59.2 Å². The Morgan fingerprint density at radius 3 is 1.84 bits per heavy atom. The molecular weight excluding hydrogens is 613 g/mol. The van der Waals surface area contributed by atoms with Crippen molar-refractivity contribution in [2.24, 2.45) is 9.98 Å². The first-order valence-corrected chi connectivity index (χ1v) is 16.9. The van der Waals surface area contributed by atoms with Crippen LogP contribution in [0, 0.1) is 0 Å². The zero-order valence-corrected chi connectivity index (χ0v) is 27.0. The topological polar surface area (TPSA) is 54.8 Å². The highest BCUT2D eigenvalue weighted by Gasteiger charge is 2.22. The first-order valence-electron chi connectivity index (χ1n) is 16.9. The van der Waals surface area contributed by atoms with E-state index in [0.717, 1.165) is 55.7 Å². The predicted molar refractivity (Wildman–Crippen MR) is 205 cm³/mol. The van der Waals surface area contributed by atoms with Gasteiger partial charge in [-0.3, -0.25) is 0 Å². The molecule has 0 bridgehead atoms. The summed E-state index contributed by atoms with van der Waals surface area (Å²) in [5, 5.41) is 8.27. The molecule has 0 fully saturated rings. The minimum Gasteiger partial charge on any atom is -0.456 e. The van der Waals surface area contributed by atoms with Gasteiger partial charge in [0.1, 0.15) is 23.2 Å². The molecule has 1 aliphatic rings. The van der Waals surface area contributed by atoms with E-state index in [9.17, 15) is 0 Å². The summed E-state index contributed by atoms with van der Waals surface area (Å²) in [5.41, 5.74) is 10.4. The molecule has 1 N–H and O–H groups in total. The monoisotopic (exact) mass is 642 g/mol. The van der Waals surface area contributed by atoms with Crippen molar-refractivity contribution < 1.29 is 4.42 Å². The molecule has 1 unspecified atom stereocenters. The lowest BCUT2D eigenvalue weighted by Crippen LogP contribution is -2.33. The molecule has 5 heteroatoms. The van der Waals surface area contributed by atoms with Crippen molar-refractivity contribution >= 4 is 55.4 Å². The number of nitrogens with zero attached hydrogens (tertiary/aromatic N) is 3. The lowest BCUT2D eigenvalue weighted by Gasteiger charge is -2.24. The molecule has 2 aromatic heterocycles. The summed E-state index contributed by atoms with van der Waals surface area (Å²) >= 11 is 0. The van der Waals surface area contributed by atoms with Gasteiger partial charge in [0.15, 0.2) is 5.84 Å². The van der Waals surface area contributed by atoms with Gasteiger partial charge in [-0.15, -0.1) is 0 Å². The highest BCUT2D eigenvalue weighted by atomic mass is 16.3. The fourth-order valence-corrected chi connectivity index (χ4v) is 7.25. The number of benzene rings is 7. The van der Waals surface area contributed by atoms with E-state index in [-0.39, 0.29) is 6.17 Å². The van der Waals surface area contributed by atoms with Gasteiger partial charge in [0.2, 0.25) is 0 Å². The third-order valence-electron chi connectivity index (χ3n) is 9.65. The Morgan fingerprint density at radius 2 is 1.10 bits per heavy atom. The summed E-state index contributed by atoms with van der Waals surface area (Å²) in [6.07, 6.45) is -0.318. The third kappa shape index (κ3) is 4.71. The zero-order chi connectivity index (χ0) is 33.0. The highest BCUT2D eigenvalue weighted by molar-refractivity contribution is 6.15. The summed E-state index contributed by atoms with van der Waals surface area (Å²) in [5.74, 6) is 1.44. The van der Waals surface area contributed by atoms with E-state index in [4.69, 9.17) is 14.4 Å². The van der Waals surface area contributed by atoms with Gasteiger partial charge in [0, 0.05) is 44.4 Å². The fourth-order valence-electron chi connectivity index (χ4n) is 7.25. The van der Waals surface area contributed by atoms with Crippen molar-refractivity contribution in [3.63, 3.8) is 0 Å². The van der Waals surface area contributed by atoms with E-state index < -0.39 is 0 Å². The van der Waals surface area contributed by atoms with Gasteiger partial charge in [-0.1, -0.05) is 121 Å². The Hall–Kier alpha value is -6.72. The van der Waals surface area contributed by atoms with Crippen LogP contribution in [0.1, 0.15) is 22.9 Å². The van der Waals surface area contributed by atoms with Crippen LogP contribution in [0.2, 0.25) is 0 Å². The Morgan fingerprint density at radius 1 is 0.480 bits per heavy atom. The molecule has 0 radical (unpaired) electrons. The minimum atomic E-state index is -0.318. The number of hydrogen-bond donors (Lipinski definition) is 1. The van der Waals surface area contributed by atoms with Crippen LogP contribution >= 0.6 is 0 Å². The maximum Gasteiger partial charge on any atom is 0.159 e. The quantitative estimate of drug-likeness (QED) is 0.203. The Balaban J connectivity index is 1.06. The molecule has 236 valence electrons. The smallest absolute Gasteiger partial charge is 0.159 e. The van der Waals surface area contributed by atoms with E-state index in [2.05, 4.69) is 155 Å². The molecule has 0 aliphatic carbocycles. The van der Waals surface area contributed by atoms with Crippen LogP contribution in [0.25, 0.3) is 60.6 Å². The van der Waals surface area contributed by atoms with Crippen molar-refractivity contribution in [3.8, 4) is 16.8 Å². The maximum absolute atomic E-state index is 6.61. The molecule has 9 aromatic rings. The van der Waals surface area contributed by atoms with Crippen LogP contribution in [0.15, 0.2) is 184 Å². The number of aliphatic imine (C=N–C) groups is 2. The van der Waals surface area contributed by atoms with Crippen molar-refractivity contribution in [2.75, 3.05) is 0 Å². The number of hydrogen-bond acceptors (Lipinski definition) is 4. The van der Waals surface area contributed by atoms with Crippen LogP contribution in [0.3, 0.4) is 0 Å². The molecule has 0 saturated carbocycles. The Labute approximate surface area is 288 Å². The molecule has 0 spiro atoms. The molecule has 50 heavy (non-hydrogen) atoms. The zero-order valence-electron chi connectivity index (χ0n) is 27.0. The number of aromatic nitrogens is 1. The molecule has 7 aromatic carbocycles. The average Bonchev–Trinajstić information content (AvgIpc) is 3.73. The van der Waals surface area contributed by atoms with E-state index in [1.165, 1.54) is 27.4 Å². The average molecular weight is 643 g/mol. The van der Waals surface area contributed by atoms with Crippen molar-refractivity contribution in [3.05, 3.63) is 187 Å². The van der Waals surface area contributed by atoms with Crippen LogP contribution in [-0.2, 0) is 0 Å². The minimum absolute atomic E-state index is 0.318. The van der Waals surface area contributed by atoms with E-state index in [0.29, 0.717) is 5.84 Å². The molecule has 5 nitrogen and oxygen atoms in total. The molecule has 0 amide bonds. The molecule has 0 saturated heterocycles. The summed E-state index contributed by atoms with van der Waals surface area (Å²) in [4.78, 5) is 10.2. The molecular formula is C45H30N4O. The van der Waals surface area contributed by atoms with Gasteiger partial charge < -0.3 is 14.3 Å². The number of nitrogens with one attached hydrogen (secondary N) is 1. The normalized spacial score (nSPS) is 14.6. The number of amidine groups is 2. The third-order valence-corrected chi connectivity index (χ3v) is 9.65. The Kier molecular flexibility index (Phi) is 6.49. The predicted octanol–water partition coefficient (Wildman–Crippen LogP) is 10.8. The van der Waals surface area contributed by atoms with Crippen LogP contribution in [0.4, 0.5) is 0 Å². The second-order valence-electron chi connectivity index (χ2n) is 12.7. The lowest BCUT2D eigenvalue weighted by molar-refractivity contribution is 0.666. The number of furan rings is 1. The van der Waals surface area contributed by atoms with Crippen molar-refractivity contribution in [1.29, 1.82) is 0 Å². The van der Waals surface area contributed by atoms with Crippen LogP contribution in [0.5, 0.6) is 0 Å². The van der Waals surface area contributed by atoms with Gasteiger partial charge >= 0.3 is 0 Å². The summed E-state index contributed by atoms with van der Waals surface area (Å²) in [7, 11) is 0. The summed E-state index contributed by atoms with van der Waals surface area (Å²) in [6.45, 7) is 0. The van der Waals surface area contributed by atoms with Gasteiger partial charge in [-0.2, -0.15) is 0 Å². The number of para-hydroxylation sites is 2. The Bertz CT molecular complexity index is 2740. The summed E-state index contributed by atoms with van der Waals surface area (Å²) in [6, 6.07) is 59.2. The van der Waals surface area contributed by atoms with Crippen LogP contribution in [-0.4, -0.2) is 16.2 Å². The van der Waals surface area contributed by atoms with Crippen molar-refractivity contribution in [2.45, 2.75) is 6.17 Å². The number of fused-ring (bicyclic) bond motifs is 6. The van der Waals surface area contributed by atoms with Gasteiger partial charge in [0.05, 0.1) is 11.0 Å². The van der Waals surface area contributed by atoms with Crippen LogP contribution < -0.4 is 5.32 Å². The molecule has 3 heterocycles. The van der Waals surface area contributed by atoms with E-state index in [1.54, 1.807) is 0 Å². The highest BCUT2D eigenvalue weighted by Crippen LogP contribution is 2.36. The molecule has 10 rings (SSSR count). The SMILES string of the molecule is c1ccc(C2=NC(c3cccc(-c4ccccc4)c3)NC(c3ccc4c(c3)oc3cc(-n5c6ccccc6c6ccccc65)ccc34)=N2)cc1. The standard InChI is InChI=1S/C45H30N4O/c1-3-12-29(13-4-1)31-16-11-17-32(26-31)44-46-43(30-14-5-2-6-15-30)47-45(48-44)33-22-24-37-38-25-23-34(28-42(38)50-41(37)27-33)49-39-20-9-7-18-35(39)36-19-8-10-21-40(36)49/h1-28,44H,(H,46,47,48). The first-order chi connectivity index (χ1) is 24.8. The van der Waals surface area contributed by atoms with Gasteiger partial charge in [-0.25, -0.2) is 9.98 Å². The maximum atomic E-state index is 6.61. The van der Waals surface area contributed by atoms with E-state index in [1.807, 2.05) is 24.3 Å². The molecule has 1 atom stereocenters. The fraction of sp³-hybridized carbons (Fsp3) is 0.0222. The largest absolute Gasteiger partial charge is 0.456 e. The number of rotatable bonds is 5. The second-order valence-corrected chi connectivity index (χ2v) is 12.7. The lowest BCUT2D eigenvalue weighted by atomic mass is 10.0. The molecule has 1 aliphatic heterocycles. The second kappa shape index (κ2) is 11.5. The van der Waals surface area contributed by atoms with Gasteiger partial charge in [0.25, 0.3) is 0 Å².